The van der Waals surface area contributed by atoms with Gasteiger partial charge in [-0.05, 0) is 60.9 Å². The minimum Gasteiger partial charge on any atom is -0.495 e. The van der Waals surface area contributed by atoms with Crippen molar-refractivity contribution < 1.29 is 35.1 Å². The lowest BCUT2D eigenvalue weighted by molar-refractivity contribution is -0.151. The molecular formula is C26H22F5N5O3S. The molecule has 1 saturated carbocycles. The zero-order valence-corrected chi connectivity index (χ0v) is 21.9. The quantitative estimate of drug-likeness (QED) is 0.264. The predicted octanol–water partition coefficient (Wildman–Crippen LogP) is 5.50. The van der Waals surface area contributed by atoms with Crippen LogP contribution in [0.4, 0.5) is 33.7 Å². The van der Waals surface area contributed by atoms with Gasteiger partial charge in [-0.15, -0.1) is 0 Å². The zero-order chi connectivity index (χ0) is 28.9. The third-order valence-corrected chi connectivity index (χ3v) is 7.60. The van der Waals surface area contributed by atoms with Gasteiger partial charge >= 0.3 is 6.18 Å². The fourth-order valence-corrected chi connectivity index (χ4v) is 4.99. The van der Waals surface area contributed by atoms with Crippen LogP contribution in [0.15, 0.2) is 53.4 Å². The first kappa shape index (κ1) is 27.5. The van der Waals surface area contributed by atoms with Gasteiger partial charge in [-0.2, -0.15) is 18.2 Å². The van der Waals surface area contributed by atoms with Crippen LogP contribution in [-0.4, -0.2) is 48.5 Å². The average Bonchev–Trinajstić information content (AvgIpc) is 3.69. The number of pyridine rings is 1. The van der Waals surface area contributed by atoms with Crippen molar-refractivity contribution in [2.75, 3.05) is 24.0 Å². The van der Waals surface area contributed by atoms with E-state index in [9.17, 15) is 30.4 Å². The summed E-state index contributed by atoms with van der Waals surface area (Å²) in [6, 6.07) is 10.8. The second-order valence-corrected chi connectivity index (χ2v) is 11.4. The molecule has 4 aromatic rings. The second kappa shape index (κ2) is 9.84. The zero-order valence-electron chi connectivity index (χ0n) is 21.1. The summed E-state index contributed by atoms with van der Waals surface area (Å²) in [5.41, 5.74) is -0.933. The number of rotatable bonds is 8. The molecule has 2 N–H and O–H groups in total. The van der Waals surface area contributed by atoms with Crippen molar-refractivity contribution in [3.05, 3.63) is 65.7 Å². The van der Waals surface area contributed by atoms with Crippen LogP contribution in [0.5, 0.6) is 5.75 Å². The van der Waals surface area contributed by atoms with Gasteiger partial charge in [-0.1, -0.05) is 6.07 Å². The molecule has 0 atom stereocenters. The molecule has 2 aromatic carbocycles. The Bertz CT molecular complexity index is 1730. The summed E-state index contributed by atoms with van der Waals surface area (Å²) in [6.45, 7) is -0.0296. The van der Waals surface area contributed by atoms with Crippen LogP contribution in [0.3, 0.4) is 0 Å². The molecule has 40 heavy (non-hydrogen) atoms. The number of aromatic nitrogens is 3. The standard InChI is InChI=1S/C26H22F5N5O3S/c1-39-20-8-4-15(12-21(20)40(2,37)38)18-6-7-19-22(33-18)23(36-25(9-10-25)26(29,30)31)35-24(34-19)32-13-14-3-5-16(27)17(28)11-14/h3-8,11-12H,9-10,13H2,1-2H3,(H2,32,34,35,36). The molecule has 8 nitrogen and oxygen atoms in total. The lowest BCUT2D eigenvalue weighted by Crippen LogP contribution is -2.39. The highest BCUT2D eigenvalue weighted by Gasteiger charge is 2.64. The van der Waals surface area contributed by atoms with E-state index in [1.165, 1.54) is 31.4 Å². The van der Waals surface area contributed by atoms with Gasteiger partial charge in [0.25, 0.3) is 0 Å². The minimum atomic E-state index is -4.55. The molecule has 0 radical (unpaired) electrons. The van der Waals surface area contributed by atoms with Crippen molar-refractivity contribution in [1.82, 2.24) is 15.0 Å². The van der Waals surface area contributed by atoms with E-state index in [0.717, 1.165) is 18.4 Å². The Labute approximate surface area is 225 Å². The molecule has 210 valence electrons. The highest BCUT2D eigenvalue weighted by Crippen LogP contribution is 2.51. The number of methoxy groups -OCH3 is 1. The van der Waals surface area contributed by atoms with E-state index in [-0.39, 0.29) is 58.5 Å². The van der Waals surface area contributed by atoms with Crippen molar-refractivity contribution >= 4 is 32.6 Å². The number of sulfone groups is 1. The maximum absolute atomic E-state index is 13.8. The highest BCUT2D eigenvalue weighted by atomic mass is 32.2. The number of anilines is 2. The maximum atomic E-state index is 13.8. The molecule has 1 aliphatic carbocycles. The Morgan fingerprint density at radius 3 is 2.35 bits per heavy atom. The van der Waals surface area contributed by atoms with Gasteiger partial charge < -0.3 is 15.4 Å². The van der Waals surface area contributed by atoms with Crippen LogP contribution in [0.2, 0.25) is 0 Å². The van der Waals surface area contributed by atoms with Crippen molar-refractivity contribution in [2.45, 2.75) is 36.0 Å². The first-order valence-corrected chi connectivity index (χ1v) is 13.8. The van der Waals surface area contributed by atoms with E-state index in [4.69, 9.17) is 4.74 Å². The maximum Gasteiger partial charge on any atom is 0.411 e. The van der Waals surface area contributed by atoms with Gasteiger partial charge in [0.2, 0.25) is 5.95 Å². The van der Waals surface area contributed by atoms with Crippen LogP contribution in [0.1, 0.15) is 18.4 Å². The van der Waals surface area contributed by atoms with Crippen molar-refractivity contribution in [2.24, 2.45) is 0 Å². The van der Waals surface area contributed by atoms with Crippen LogP contribution in [0.25, 0.3) is 22.3 Å². The fraction of sp³-hybridized carbons (Fsp3) is 0.269. The lowest BCUT2D eigenvalue weighted by atomic mass is 10.1. The summed E-state index contributed by atoms with van der Waals surface area (Å²) >= 11 is 0. The number of nitrogens with one attached hydrogen (secondary N) is 2. The molecule has 0 amide bonds. The van der Waals surface area contributed by atoms with Gasteiger partial charge in [-0.3, -0.25) is 0 Å². The second-order valence-electron chi connectivity index (χ2n) is 9.40. The van der Waals surface area contributed by atoms with Crippen LogP contribution in [0, 0.1) is 11.6 Å². The summed E-state index contributed by atoms with van der Waals surface area (Å²) in [6.07, 6.45) is -3.84. The first-order chi connectivity index (χ1) is 18.8. The molecular weight excluding hydrogens is 557 g/mol. The molecule has 5 rings (SSSR count). The molecule has 14 heteroatoms. The van der Waals surface area contributed by atoms with E-state index in [0.29, 0.717) is 11.1 Å². The molecule has 0 bridgehead atoms. The van der Waals surface area contributed by atoms with Crippen molar-refractivity contribution in [3.8, 4) is 17.0 Å². The monoisotopic (exact) mass is 579 g/mol. The molecule has 1 aliphatic rings. The van der Waals surface area contributed by atoms with Crippen LogP contribution in [-0.2, 0) is 16.4 Å². The van der Waals surface area contributed by atoms with E-state index in [1.54, 1.807) is 12.1 Å². The molecule has 0 aliphatic heterocycles. The molecule has 1 fully saturated rings. The Hall–Kier alpha value is -4.07. The molecule has 0 spiro atoms. The number of nitrogens with zero attached hydrogens (tertiary/aromatic N) is 3. The smallest absolute Gasteiger partial charge is 0.411 e. The highest BCUT2D eigenvalue weighted by molar-refractivity contribution is 7.90. The largest absolute Gasteiger partial charge is 0.495 e. The Morgan fingerprint density at radius 1 is 0.975 bits per heavy atom. The van der Waals surface area contributed by atoms with E-state index in [2.05, 4.69) is 25.6 Å². The first-order valence-electron chi connectivity index (χ1n) is 11.9. The number of fused-ring (bicyclic) bond motifs is 1. The normalized spacial score (nSPS) is 14.7. The van der Waals surface area contributed by atoms with Crippen molar-refractivity contribution in [1.29, 1.82) is 0 Å². The van der Waals surface area contributed by atoms with Crippen LogP contribution >= 0.6 is 0 Å². The number of alkyl halides is 3. The Kier molecular flexibility index (Phi) is 6.76. The van der Waals surface area contributed by atoms with Gasteiger partial charge in [0.15, 0.2) is 27.3 Å². The summed E-state index contributed by atoms with van der Waals surface area (Å²) in [5.74, 6) is -2.17. The van der Waals surface area contributed by atoms with E-state index >= 15 is 0 Å². The summed E-state index contributed by atoms with van der Waals surface area (Å²) in [4.78, 5) is 13.0. The van der Waals surface area contributed by atoms with Gasteiger partial charge in [0.1, 0.15) is 21.7 Å². The number of ether oxygens (including phenoxy) is 1. The summed E-state index contributed by atoms with van der Waals surface area (Å²) in [7, 11) is -2.33. The molecule has 2 heterocycles. The number of benzene rings is 2. The minimum absolute atomic E-state index is 0.0296. The number of halogens is 5. The van der Waals surface area contributed by atoms with Crippen molar-refractivity contribution in [3.63, 3.8) is 0 Å². The molecule has 0 saturated heterocycles. The predicted molar refractivity (Wildman–Crippen MR) is 138 cm³/mol. The fourth-order valence-electron chi connectivity index (χ4n) is 4.13. The third-order valence-electron chi connectivity index (χ3n) is 6.49. The van der Waals surface area contributed by atoms with E-state index in [1.807, 2.05) is 0 Å². The third kappa shape index (κ3) is 5.35. The summed E-state index contributed by atoms with van der Waals surface area (Å²) < 4.78 is 98.0. The van der Waals surface area contributed by atoms with E-state index < -0.39 is 33.2 Å². The molecule has 2 aromatic heterocycles. The number of hydrogen-bond acceptors (Lipinski definition) is 8. The summed E-state index contributed by atoms with van der Waals surface area (Å²) in [5, 5.41) is 5.32. The van der Waals surface area contributed by atoms with Crippen LogP contribution < -0.4 is 15.4 Å². The SMILES string of the molecule is COc1ccc(-c2ccc3nc(NCc4ccc(F)c(F)c4)nc(NC4(C(F)(F)F)CC4)c3n2)cc1S(C)(=O)=O. The van der Waals surface area contributed by atoms with Gasteiger partial charge in [0, 0.05) is 18.4 Å². The average molecular weight is 580 g/mol. The Balaban J connectivity index is 1.57. The topological polar surface area (TPSA) is 106 Å². The Morgan fingerprint density at radius 2 is 1.73 bits per heavy atom. The van der Waals surface area contributed by atoms with Gasteiger partial charge in [0.05, 0.1) is 18.3 Å². The number of hydrogen-bond donors (Lipinski definition) is 2. The molecule has 0 unspecified atom stereocenters. The lowest BCUT2D eigenvalue weighted by Gasteiger charge is -2.22. The van der Waals surface area contributed by atoms with Gasteiger partial charge in [-0.25, -0.2) is 27.2 Å².